The minimum Gasteiger partial charge on any atom is -0.493 e. The van der Waals surface area contributed by atoms with Crippen molar-refractivity contribution in [3.63, 3.8) is 0 Å². The van der Waals surface area contributed by atoms with E-state index in [1.54, 1.807) is 35.0 Å². The molecule has 27 heavy (non-hydrogen) atoms. The normalized spacial score (nSPS) is 13.7. The van der Waals surface area contributed by atoms with Crippen LogP contribution in [0.2, 0.25) is 0 Å². The highest BCUT2D eigenvalue weighted by molar-refractivity contribution is 7.73. The summed E-state index contributed by atoms with van der Waals surface area (Å²) in [5.41, 5.74) is 3.95. The van der Waals surface area contributed by atoms with Crippen molar-refractivity contribution in [2.75, 3.05) is 7.11 Å². The van der Waals surface area contributed by atoms with Gasteiger partial charge in [0.25, 0.3) is 0 Å². The van der Waals surface area contributed by atoms with Crippen LogP contribution < -0.4 is 0 Å². The summed E-state index contributed by atoms with van der Waals surface area (Å²) in [5.74, 6) is -0.356. The van der Waals surface area contributed by atoms with Gasteiger partial charge in [0.15, 0.2) is 3.95 Å². The molecule has 0 saturated heterocycles. The number of esters is 1. The van der Waals surface area contributed by atoms with Crippen molar-refractivity contribution in [3.8, 4) is 11.6 Å². The molecule has 2 aromatic carbocycles. The first-order valence-corrected chi connectivity index (χ1v) is 9.29. The second-order valence-electron chi connectivity index (χ2n) is 5.80. The third-order valence-corrected chi connectivity index (χ3v) is 5.51. The fourth-order valence-corrected chi connectivity index (χ4v) is 4.16. The van der Waals surface area contributed by atoms with Crippen molar-refractivity contribution >= 4 is 53.1 Å². The average molecular weight is 394 g/mol. The zero-order chi connectivity index (χ0) is 19.0. The second kappa shape index (κ2) is 6.94. The van der Waals surface area contributed by atoms with Crippen molar-refractivity contribution in [1.29, 1.82) is 0 Å². The van der Waals surface area contributed by atoms with E-state index < -0.39 is 5.97 Å². The molecule has 0 unspecified atom stereocenters. The number of hydrogen-bond acceptors (Lipinski definition) is 6. The number of nitrogens with zero attached hydrogens (tertiary/aromatic N) is 2. The van der Waals surface area contributed by atoms with Gasteiger partial charge in [-0.2, -0.15) is 0 Å². The van der Waals surface area contributed by atoms with Gasteiger partial charge >= 0.3 is 5.97 Å². The van der Waals surface area contributed by atoms with Crippen LogP contribution in [0.5, 0.6) is 5.88 Å². The predicted octanol–water partition coefficient (Wildman–Crippen LogP) is 5.02. The Hall–Kier alpha value is -3.03. The van der Waals surface area contributed by atoms with E-state index in [-0.39, 0.29) is 5.88 Å². The van der Waals surface area contributed by atoms with E-state index in [0.29, 0.717) is 20.1 Å². The predicted molar refractivity (Wildman–Crippen MR) is 110 cm³/mol. The number of allylic oxidation sites excluding steroid dienone is 1. The first-order valence-electron chi connectivity index (χ1n) is 8.07. The Bertz CT molecular complexity index is 1150. The van der Waals surface area contributed by atoms with Crippen LogP contribution in [-0.2, 0) is 4.74 Å². The molecule has 1 aliphatic heterocycles. The Labute approximate surface area is 164 Å². The van der Waals surface area contributed by atoms with E-state index >= 15 is 0 Å². The highest BCUT2D eigenvalue weighted by Gasteiger charge is 2.16. The Morgan fingerprint density at radius 2 is 1.96 bits per heavy atom. The molecule has 0 atom stereocenters. The number of benzene rings is 2. The minimum absolute atomic E-state index is 0.0566. The summed E-state index contributed by atoms with van der Waals surface area (Å²) in [6.45, 7) is 0. The zero-order valence-electron chi connectivity index (χ0n) is 14.2. The number of aromatic nitrogens is 1. The highest BCUT2D eigenvalue weighted by atomic mass is 32.1. The van der Waals surface area contributed by atoms with Gasteiger partial charge in [-0.15, -0.1) is 11.3 Å². The maximum Gasteiger partial charge on any atom is 0.337 e. The van der Waals surface area contributed by atoms with Crippen LogP contribution in [0.1, 0.15) is 20.8 Å². The quantitative estimate of drug-likeness (QED) is 0.501. The summed E-state index contributed by atoms with van der Waals surface area (Å²) >= 11 is 6.75. The molecule has 0 spiro atoms. The minimum atomic E-state index is -0.413. The van der Waals surface area contributed by atoms with Crippen LogP contribution in [0, 0.1) is 3.95 Å². The lowest BCUT2D eigenvalue weighted by atomic mass is 10.1. The number of aliphatic imine (C=N–C) groups is 1. The van der Waals surface area contributed by atoms with E-state index in [2.05, 4.69) is 4.99 Å². The molecule has 7 heteroatoms. The number of hydrogen-bond donors (Lipinski definition) is 1. The number of thiazole rings is 1. The van der Waals surface area contributed by atoms with Crippen molar-refractivity contribution in [2.24, 2.45) is 4.99 Å². The summed E-state index contributed by atoms with van der Waals surface area (Å²) in [6, 6.07) is 14.5. The van der Waals surface area contributed by atoms with Gasteiger partial charge in [0.05, 0.1) is 28.9 Å². The summed E-state index contributed by atoms with van der Waals surface area (Å²) in [5, 5.41) is 10.7. The number of fused-ring (bicyclic) bond motifs is 1. The van der Waals surface area contributed by atoms with E-state index in [0.717, 1.165) is 16.8 Å². The smallest absolute Gasteiger partial charge is 0.337 e. The third kappa shape index (κ3) is 3.11. The number of methoxy groups -OCH3 is 1. The lowest BCUT2D eigenvalue weighted by molar-refractivity contribution is 0.0601. The van der Waals surface area contributed by atoms with Crippen LogP contribution in [0.25, 0.3) is 17.3 Å². The molecular formula is C20H14N2O3S2. The number of rotatable bonds is 3. The van der Waals surface area contributed by atoms with Crippen molar-refractivity contribution in [2.45, 2.75) is 0 Å². The molecule has 0 saturated carbocycles. The molecule has 5 nitrogen and oxygen atoms in total. The molecule has 4 rings (SSSR count). The summed E-state index contributed by atoms with van der Waals surface area (Å²) < 4.78 is 6.79. The van der Waals surface area contributed by atoms with Gasteiger partial charge in [0, 0.05) is 17.4 Å². The van der Waals surface area contributed by atoms with Gasteiger partial charge in [-0.1, -0.05) is 18.2 Å². The molecule has 1 aromatic heterocycles. The first kappa shape index (κ1) is 17.4. The van der Waals surface area contributed by atoms with Gasteiger partial charge < -0.3 is 9.84 Å². The number of para-hydroxylation sites is 1. The summed E-state index contributed by atoms with van der Waals surface area (Å²) in [7, 11) is 1.33. The molecule has 2 heterocycles. The van der Waals surface area contributed by atoms with Crippen LogP contribution in [0.15, 0.2) is 53.5 Å². The molecule has 0 radical (unpaired) electrons. The Morgan fingerprint density at radius 1 is 1.22 bits per heavy atom. The van der Waals surface area contributed by atoms with E-state index in [9.17, 15) is 9.90 Å². The fourth-order valence-electron chi connectivity index (χ4n) is 2.86. The molecule has 0 fully saturated rings. The molecule has 0 amide bonds. The maximum atomic E-state index is 11.6. The lowest BCUT2D eigenvalue weighted by Gasteiger charge is -2.06. The molecule has 134 valence electrons. The molecule has 1 aliphatic rings. The van der Waals surface area contributed by atoms with E-state index in [1.807, 2.05) is 30.3 Å². The van der Waals surface area contributed by atoms with Crippen LogP contribution in [0.4, 0.5) is 5.69 Å². The molecule has 3 aromatic rings. The van der Waals surface area contributed by atoms with Gasteiger partial charge in [-0.3, -0.25) is 9.56 Å². The third-order valence-electron chi connectivity index (χ3n) is 4.20. The summed E-state index contributed by atoms with van der Waals surface area (Å²) in [6.07, 6.45) is 3.66. The van der Waals surface area contributed by atoms with Gasteiger partial charge in [-0.05, 0) is 48.6 Å². The monoisotopic (exact) mass is 394 g/mol. The molecular weight excluding hydrogens is 380 g/mol. The topological polar surface area (TPSA) is 63.8 Å². The molecule has 1 N–H and O–H groups in total. The Kier molecular flexibility index (Phi) is 4.47. The van der Waals surface area contributed by atoms with Crippen LogP contribution in [0.3, 0.4) is 0 Å². The molecule has 0 aliphatic carbocycles. The first-order chi connectivity index (χ1) is 13.1. The number of carbonyl (C=O) groups is 1. The largest absolute Gasteiger partial charge is 0.493 e. The average Bonchev–Trinajstić information content (AvgIpc) is 3.22. The maximum absolute atomic E-state index is 11.6. The van der Waals surface area contributed by atoms with Crippen molar-refractivity contribution < 1.29 is 14.6 Å². The fraction of sp³-hybridized carbons (Fsp3) is 0.0500. The van der Waals surface area contributed by atoms with Crippen LogP contribution in [-0.4, -0.2) is 29.0 Å². The SMILES string of the molecule is COC(=O)c1ccc(-n2c(O)c(/C=C3\C=Nc4ccccc43)sc2=S)cc1. The van der Waals surface area contributed by atoms with E-state index in [4.69, 9.17) is 17.0 Å². The van der Waals surface area contributed by atoms with Gasteiger partial charge in [-0.25, -0.2) is 4.79 Å². The summed E-state index contributed by atoms with van der Waals surface area (Å²) in [4.78, 5) is 16.6. The number of aromatic hydroxyl groups is 1. The van der Waals surface area contributed by atoms with E-state index in [1.165, 1.54) is 18.4 Å². The molecule has 0 bridgehead atoms. The second-order valence-corrected chi connectivity index (χ2v) is 7.48. The van der Waals surface area contributed by atoms with Crippen LogP contribution >= 0.6 is 23.6 Å². The standard InChI is InChI=1S/C20H14N2O3S2/c1-25-19(24)12-6-8-14(9-7-12)22-18(23)17(27-20(22)26)10-13-11-21-16-5-3-2-4-15(13)16/h2-11,23H,1H3/b13-10+. The Balaban J connectivity index is 1.73. The number of ether oxygens (including phenoxy) is 1. The van der Waals surface area contributed by atoms with Crippen molar-refractivity contribution in [1.82, 2.24) is 4.57 Å². The number of carbonyl (C=O) groups excluding carboxylic acids is 1. The van der Waals surface area contributed by atoms with Crippen molar-refractivity contribution in [3.05, 3.63) is 68.5 Å². The lowest BCUT2D eigenvalue weighted by Crippen LogP contribution is -2.01. The zero-order valence-corrected chi connectivity index (χ0v) is 15.9. The highest BCUT2D eigenvalue weighted by Crippen LogP contribution is 2.36. The Morgan fingerprint density at radius 3 is 2.70 bits per heavy atom. The van der Waals surface area contributed by atoms with Gasteiger partial charge in [0.1, 0.15) is 0 Å². The van der Waals surface area contributed by atoms with Gasteiger partial charge in [0.2, 0.25) is 5.88 Å².